The maximum atomic E-state index is 13.4. The van der Waals surface area contributed by atoms with Crippen molar-refractivity contribution in [1.29, 1.82) is 0 Å². The molecular formula is C28H32ClFN2O3S. The van der Waals surface area contributed by atoms with E-state index in [0.717, 1.165) is 78.2 Å². The summed E-state index contributed by atoms with van der Waals surface area (Å²) in [6.07, 6.45) is 5.60. The first kappa shape index (κ1) is 26.7. The average Bonchev–Trinajstić information content (AvgIpc) is 2.86. The van der Waals surface area contributed by atoms with Gasteiger partial charge in [-0.1, -0.05) is 17.7 Å². The van der Waals surface area contributed by atoms with Crippen LogP contribution >= 0.6 is 23.4 Å². The highest BCUT2D eigenvalue weighted by Crippen LogP contribution is 2.33. The number of pyridine rings is 1. The van der Waals surface area contributed by atoms with E-state index in [2.05, 4.69) is 9.88 Å². The molecule has 0 amide bonds. The van der Waals surface area contributed by atoms with Crippen molar-refractivity contribution < 1.29 is 19.0 Å². The second-order valence-corrected chi connectivity index (χ2v) is 10.9. The number of fused-ring (bicyclic) bond motifs is 1. The number of aryl methyl sites for hydroxylation is 1. The number of hydrogen-bond donors (Lipinski definition) is 1. The predicted molar refractivity (Wildman–Crippen MR) is 144 cm³/mol. The lowest BCUT2D eigenvalue weighted by Gasteiger charge is -2.38. The summed E-state index contributed by atoms with van der Waals surface area (Å²) in [6.45, 7) is 2.61. The number of ether oxygens (including phenoxy) is 1. The number of thioether (sulfide) groups is 1. The molecule has 1 saturated heterocycles. The van der Waals surface area contributed by atoms with Crippen LogP contribution in [0.1, 0.15) is 31.2 Å². The highest BCUT2D eigenvalue weighted by molar-refractivity contribution is 7.99. The van der Waals surface area contributed by atoms with Crippen molar-refractivity contribution in [2.45, 2.75) is 37.0 Å². The molecule has 0 spiro atoms. The molecule has 0 aliphatic carbocycles. The first-order valence-corrected chi connectivity index (χ1v) is 13.7. The smallest absolute Gasteiger partial charge is 0.303 e. The number of carboxylic acids is 1. The second-order valence-electron chi connectivity index (χ2n) is 9.37. The van der Waals surface area contributed by atoms with Crippen LogP contribution in [-0.4, -0.2) is 53.5 Å². The molecule has 36 heavy (non-hydrogen) atoms. The third-order valence-electron chi connectivity index (χ3n) is 7.02. The van der Waals surface area contributed by atoms with Crippen LogP contribution in [0.5, 0.6) is 5.75 Å². The standard InChI is InChI=1S/C28H32ClFN2O3S/c1-35-22-8-9-27-25(16-22)24(26(29)17-31-27)7-2-4-19-10-11-32(18-20(19)14-28(33)34)12-13-36-23-6-3-5-21(30)15-23/h3,5-6,8-9,15-17,19-20H,2,4,7,10-14,18H2,1H3,(H,33,34). The minimum atomic E-state index is -0.740. The second kappa shape index (κ2) is 12.7. The molecule has 1 aromatic heterocycles. The van der Waals surface area contributed by atoms with Crippen LogP contribution in [0.3, 0.4) is 0 Å². The molecule has 0 saturated carbocycles. The van der Waals surface area contributed by atoms with Crippen LogP contribution in [-0.2, 0) is 11.2 Å². The molecule has 2 heterocycles. The Morgan fingerprint density at radius 3 is 2.92 bits per heavy atom. The van der Waals surface area contributed by atoms with Gasteiger partial charge in [-0.25, -0.2) is 4.39 Å². The predicted octanol–water partition coefficient (Wildman–Crippen LogP) is 6.56. The topological polar surface area (TPSA) is 62.7 Å². The number of nitrogens with zero attached hydrogens (tertiary/aromatic N) is 2. The van der Waals surface area contributed by atoms with Crippen molar-refractivity contribution in [3.63, 3.8) is 0 Å². The molecule has 2 unspecified atom stereocenters. The number of carbonyl (C=O) groups is 1. The molecule has 5 nitrogen and oxygen atoms in total. The van der Waals surface area contributed by atoms with Gasteiger partial charge in [0.05, 0.1) is 17.6 Å². The van der Waals surface area contributed by atoms with Crippen molar-refractivity contribution in [3.05, 3.63) is 65.1 Å². The maximum Gasteiger partial charge on any atom is 0.303 e. The summed E-state index contributed by atoms with van der Waals surface area (Å²) in [5.74, 6) is 1.16. The van der Waals surface area contributed by atoms with Gasteiger partial charge in [-0.15, -0.1) is 11.8 Å². The van der Waals surface area contributed by atoms with Crippen molar-refractivity contribution in [2.75, 3.05) is 32.5 Å². The normalized spacial score (nSPS) is 18.4. The zero-order valence-corrected chi connectivity index (χ0v) is 22.0. The van der Waals surface area contributed by atoms with Crippen LogP contribution < -0.4 is 4.74 Å². The van der Waals surface area contributed by atoms with E-state index in [1.54, 1.807) is 37.2 Å². The van der Waals surface area contributed by atoms with E-state index in [1.165, 1.54) is 6.07 Å². The Bertz CT molecular complexity index is 1190. The Morgan fingerprint density at radius 1 is 1.28 bits per heavy atom. The fourth-order valence-electron chi connectivity index (χ4n) is 5.17. The lowest BCUT2D eigenvalue weighted by Crippen LogP contribution is -2.42. The Balaban J connectivity index is 1.33. The molecule has 2 aromatic carbocycles. The van der Waals surface area contributed by atoms with Gasteiger partial charge in [-0.3, -0.25) is 9.78 Å². The summed E-state index contributed by atoms with van der Waals surface area (Å²) in [5, 5.41) is 11.2. The van der Waals surface area contributed by atoms with E-state index in [4.69, 9.17) is 16.3 Å². The number of halogens is 2. The van der Waals surface area contributed by atoms with E-state index in [9.17, 15) is 14.3 Å². The van der Waals surface area contributed by atoms with E-state index >= 15 is 0 Å². The third-order valence-corrected chi connectivity index (χ3v) is 8.32. The quantitative estimate of drug-likeness (QED) is 0.283. The zero-order valence-electron chi connectivity index (χ0n) is 20.5. The SMILES string of the molecule is COc1ccc2ncc(Cl)c(CCCC3CCN(CCSc4cccc(F)c4)CC3CC(=O)O)c2c1. The Morgan fingerprint density at radius 2 is 2.14 bits per heavy atom. The number of likely N-dealkylation sites (tertiary alicyclic amines) is 1. The van der Waals surface area contributed by atoms with Gasteiger partial charge in [0.2, 0.25) is 0 Å². The fourth-order valence-corrected chi connectivity index (χ4v) is 6.37. The average molecular weight is 531 g/mol. The molecule has 0 radical (unpaired) electrons. The van der Waals surface area contributed by atoms with Crippen LogP contribution in [0.15, 0.2) is 53.6 Å². The van der Waals surface area contributed by atoms with E-state index in [0.29, 0.717) is 10.9 Å². The van der Waals surface area contributed by atoms with Gasteiger partial charge in [-0.05, 0) is 86.0 Å². The highest BCUT2D eigenvalue weighted by Gasteiger charge is 2.30. The molecule has 1 aliphatic rings. The van der Waals surface area contributed by atoms with Crippen molar-refractivity contribution >= 4 is 40.2 Å². The summed E-state index contributed by atoms with van der Waals surface area (Å²) in [5.41, 5.74) is 1.96. The molecule has 3 aromatic rings. The van der Waals surface area contributed by atoms with Crippen molar-refractivity contribution in [1.82, 2.24) is 9.88 Å². The number of hydrogen-bond acceptors (Lipinski definition) is 5. The van der Waals surface area contributed by atoms with Gasteiger partial charge >= 0.3 is 5.97 Å². The summed E-state index contributed by atoms with van der Waals surface area (Å²) >= 11 is 8.16. The van der Waals surface area contributed by atoms with E-state index in [1.807, 2.05) is 24.3 Å². The van der Waals surface area contributed by atoms with Crippen LogP contribution in [0.2, 0.25) is 5.02 Å². The summed E-state index contributed by atoms with van der Waals surface area (Å²) in [6, 6.07) is 12.5. The number of methoxy groups -OCH3 is 1. The van der Waals surface area contributed by atoms with Crippen molar-refractivity contribution in [2.24, 2.45) is 11.8 Å². The minimum Gasteiger partial charge on any atom is -0.497 e. The molecule has 8 heteroatoms. The van der Waals surface area contributed by atoms with E-state index in [-0.39, 0.29) is 18.2 Å². The fraction of sp³-hybridized carbons (Fsp3) is 0.429. The molecule has 2 atom stereocenters. The van der Waals surface area contributed by atoms with Gasteiger partial charge in [-0.2, -0.15) is 0 Å². The van der Waals surface area contributed by atoms with Gasteiger partial charge < -0.3 is 14.7 Å². The zero-order chi connectivity index (χ0) is 25.5. The number of carboxylic acid groups (broad SMARTS) is 1. The van der Waals surface area contributed by atoms with Gasteiger partial charge in [0.25, 0.3) is 0 Å². The number of aromatic nitrogens is 1. The largest absolute Gasteiger partial charge is 0.497 e. The van der Waals surface area contributed by atoms with Gasteiger partial charge in [0, 0.05) is 41.7 Å². The Kier molecular flexibility index (Phi) is 9.46. The molecule has 1 aliphatic heterocycles. The Labute approximate surface area is 221 Å². The molecule has 1 N–H and O–H groups in total. The molecule has 1 fully saturated rings. The molecule has 4 rings (SSSR count). The minimum absolute atomic E-state index is 0.125. The third kappa shape index (κ3) is 7.11. The van der Waals surface area contributed by atoms with Crippen LogP contribution in [0.25, 0.3) is 10.9 Å². The maximum absolute atomic E-state index is 13.4. The number of rotatable bonds is 11. The molecular weight excluding hydrogens is 499 g/mol. The molecule has 0 bridgehead atoms. The lowest BCUT2D eigenvalue weighted by molar-refractivity contribution is -0.139. The van der Waals surface area contributed by atoms with E-state index < -0.39 is 5.97 Å². The highest BCUT2D eigenvalue weighted by atomic mass is 35.5. The van der Waals surface area contributed by atoms with Gasteiger partial charge in [0.15, 0.2) is 0 Å². The van der Waals surface area contributed by atoms with Crippen LogP contribution in [0, 0.1) is 17.7 Å². The summed E-state index contributed by atoms with van der Waals surface area (Å²) in [4.78, 5) is 19.3. The summed E-state index contributed by atoms with van der Waals surface area (Å²) in [7, 11) is 1.65. The first-order chi connectivity index (χ1) is 17.4. The van der Waals surface area contributed by atoms with Crippen molar-refractivity contribution in [3.8, 4) is 5.75 Å². The number of benzene rings is 2. The molecule has 192 valence electrons. The van der Waals surface area contributed by atoms with Gasteiger partial charge in [0.1, 0.15) is 11.6 Å². The Hall–Kier alpha value is -2.35. The number of piperidine rings is 1. The first-order valence-electron chi connectivity index (χ1n) is 12.4. The number of aliphatic carboxylic acids is 1. The monoisotopic (exact) mass is 530 g/mol. The van der Waals surface area contributed by atoms with Crippen LogP contribution in [0.4, 0.5) is 4.39 Å². The lowest BCUT2D eigenvalue weighted by atomic mass is 9.80. The summed E-state index contributed by atoms with van der Waals surface area (Å²) < 4.78 is 18.8.